The first-order valence-corrected chi connectivity index (χ1v) is 5.80. The molecule has 0 bridgehead atoms. The lowest BCUT2D eigenvalue weighted by Gasteiger charge is -2.06. The predicted octanol–water partition coefficient (Wildman–Crippen LogP) is 2.28. The molecule has 0 amide bonds. The van der Waals surface area contributed by atoms with Crippen molar-refractivity contribution in [3.8, 4) is 11.5 Å². The van der Waals surface area contributed by atoms with E-state index in [2.05, 4.69) is 24.2 Å². The second-order valence-electron chi connectivity index (χ2n) is 4.47. The van der Waals surface area contributed by atoms with Gasteiger partial charge in [0.05, 0.1) is 6.26 Å². The molecule has 0 saturated heterocycles. The van der Waals surface area contributed by atoms with Crippen molar-refractivity contribution in [2.75, 3.05) is 0 Å². The van der Waals surface area contributed by atoms with E-state index in [4.69, 9.17) is 9.52 Å². The van der Waals surface area contributed by atoms with E-state index >= 15 is 0 Å². The first kappa shape index (κ1) is 12.3. The van der Waals surface area contributed by atoms with E-state index in [1.165, 1.54) is 6.26 Å². The largest absolute Gasteiger partial charge is 0.476 e. The molecule has 0 aliphatic carbocycles. The average Bonchev–Trinajstić information content (AvgIpc) is 2.94. The third kappa shape index (κ3) is 2.42. The summed E-state index contributed by atoms with van der Waals surface area (Å²) in [6.45, 7) is 4.82. The first-order valence-electron chi connectivity index (χ1n) is 5.80. The van der Waals surface area contributed by atoms with Crippen molar-refractivity contribution >= 4 is 5.97 Å². The number of aromatic carboxylic acids is 1. The number of hydrogen-bond acceptors (Lipinski definition) is 4. The summed E-state index contributed by atoms with van der Waals surface area (Å²) in [6.07, 6.45) is 2.40. The van der Waals surface area contributed by atoms with Gasteiger partial charge in [-0.1, -0.05) is 19.1 Å². The van der Waals surface area contributed by atoms with E-state index in [9.17, 15) is 4.79 Å². The van der Waals surface area contributed by atoms with Crippen LogP contribution in [-0.4, -0.2) is 26.1 Å². The van der Waals surface area contributed by atoms with Crippen LogP contribution < -0.4 is 0 Å². The van der Waals surface area contributed by atoms with Crippen LogP contribution in [0, 0.1) is 5.92 Å². The molecule has 2 heterocycles. The van der Waals surface area contributed by atoms with Crippen molar-refractivity contribution in [1.82, 2.24) is 15.0 Å². The van der Waals surface area contributed by atoms with Crippen molar-refractivity contribution in [1.29, 1.82) is 0 Å². The minimum atomic E-state index is -1.10. The predicted molar refractivity (Wildman–Crippen MR) is 64.1 cm³/mol. The van der Waals surface area contributed by atoms with Gasteiger partial charge in [-0.25, -0.2) is 9.48 Å². The maximum atomic E-state index is 11.1. The van der Waals surface area contributed by atoms with E-state index in [0.29, 0.717) is 23.9 Å². The molecule has 6 heteroatoms. The fourth-order valence-corrected chi connectivity index (χ4v) is 1.65. The van der Waals surface area contributed by atoms with Gasteiger partial charge in [-0.2, -0.15) is 0 Å². The Morgan fingerprint density at radius 1 is 1.56 bits per heavy atom. The van der Waals surface area contributed by atoms with Gasteiger partial charge in [0.2, 0.25) is 5.69 Å². The number of carboxylic acid groups (broad SMARTS) is 1. The molecule has 1 N–H and O–H groups in total. The van der Waals surface area contributed by atoms with Crippen LogP contribution in [0.1, 0.15) is 30.8 Å². The fourth-order valence-electron chi connectivity index (χ4n) is 1.65. The van der Waals surface area contributed by atoms with Crippen molar-refractivity contribution in [2.45, 2.75) is 26.8 Å². The Balaban J connectivity index is 2.38. The molecule has 0 fully saturated rings. The zero-order valence-electron chi connectivity index (χ0n) is 10.3. The number of furan rings is 1. The summed E-state index contributed by atoms with van der Waals surface area (Å²) < 4.78 is 6.84. The lowest BCUT2D eigenvalue weighted by Crippen LogP contribution is -2.06. The zero-order chi connectivity index (χ0) is 13.1. The quantitative estimate of drug-likeness (QED) is 0.879. The van der Waals surface area contributed by atoms with E-state index in [0.717, 1.165) is 6.42 Å². The number of hydrogen-bond donors (Lipinski definition) is 1. The molecule has 96 valence electrons. The van der Waals surface area contributed by atoms with Gasteiger partial charge >= 0.3 is 5.97 Å². The highest BCUT2D eigenvalue weighted by Gasteiger charge is 2.22. The van der Waals surface area contributed by atoms with Crippen molar-refractivity contribution in [3.63, 3.8) is 0 Å². The van der Waals surface area contributed by atoms with Gasteiger partial charge in [-0.15, -0.1) is 5.10 Å². The SMILES string of the molecule is CC(C)CCn1nnc(C(=O)O)c1-c1ccco1. The number of aryl methyl sites for hydroxylation is 1. The second-order valence-corrected chi connectivity index (χ2v) is 4.47. The van der Waals surface area contributed by atoms with E-state index < -0.39 is 5.97 Å². The molecule has 2 rings (SSSR count). The normalized spacial score (nSPS) is 11.1. The molecule has 2 aromatic rings. The molecule has 2 aromatic heterocycles. The molecular weight excluding hydrogens is 234 g/mol. The monoisotopic (exact) mass is 249 g/mol. The molecule has 0 atom stereocenters. The number of carbonyl (C=O) groups is 1. The standard InChI is InChI=1S/C12H15N3O3/c1-8(2)5-6-15-11(9-4-3-7-18-9)10(12(16)17)13-14-15/h3-4,7-8H,5-6H2,1-2H3,(H,16,17). The van der Waals surface area contributed by atoms with Crippen molar-refractivity contribution < 1.29 is 14.3 Å². The Morgan fingerprint density at radius 3 is 2.89 bits per heavy atom. The summed E-state index contributed by atoms with van der Waals surface area (Å²) in [7, 11) is 0. The summed E-state index contributed by atoms with van der Waals surface area (Å²) in [5.74, 6) is -0.120. The Labute approximate surface area is 104 Å². The third-order valence-electron chi connectivity index (χ3n) is 2.61. The maximum absolute atomic E-state index is 11.1. The minimum absolute atomic E-state index is 0.0753. The Morgan fingerprint density at radius 2 is 2.33 bits per heavy atom. The zero-order valence-corrected chi connectivity index (χ0v) is 10.3. The molecule has 0 aliphatic heterocycles. The van der Waals surface area contributed by atoms with Crippen LogP contribution in [0.15, 0.2) is 22.8 Å². The lowest BCUT2D eigenvalue weighted by atomic mass is 10.1. The number of carboxylic acids is 1. The number of rotatable bonds is 5. The highest BCUT2D eigenvalue weighted by molar-refractivity contribution is 5.91. The van der Waals surface area contributed by atoms with Crippen LogP contribution >= 0.6 is 0 Å². The van der Waals surface area contributed by atoms with Gasteiger partial charge in [-0.3, -0.25) is 0 Å². The number of nitrogens with zero attached hydrogens (tertiary/aromatic N) is 3. The number of aromatic nitrogens is 3. The Hall–Kier alpha value is -2.11. The summed E-state index contributed by atoms with van der Waals surface area (Å²) >= 11 is 0. The molecule has 0 radical (unpaired) electrons. The molecule has 18 heavy (non-hydrogen) atoms. The molecule has 6 nitrogen and oxygen atoms in total. The van der Waals surface area contributed by atoms with Gasteiger partial charge in [0.25, 0.3) is 0 Å². The van der Waals surface area contributed by atoms with Crippen LogP contribution in [0.2, 0.25) is 0 Å². The van der Waals surface area contributed by atoms with Crippen molar-refractivity contribution in [3.05, 3.63) is 24.1 Å². The van der Waals surface area contributed by atoms with E-state index in [-0.39, 0.29) is 5.69 Å². The summed E-state index contributed by atoms with van der Waals surface area (Å²) in [6, 6.07) is 3.41. The summed E-state index contributed by atoms with van der Waals surface area (Å²) in [5.41, 5.74) is 0.349. The second kappa shape index (κ2) is 5.03. The summed E-state index contributed by atoms with van der Waals surface area (Å²) in [5, 5.41) is 16.7. The Kier molecular flexibility index (Phi) is 3.45. The molecule has 0 aromatic carbocycles. The fraction of sp³-hybridized carbons (Fsp3) is 0.417. The smallest absolute Gasteiger partial charge is 0.358 e. The van der Waals surface area contributed by atoms with Gasteiger partial charge in [0, 0.05) is 6.54 Å². The van der Waals surface area contributed by atoms with Crippen LogP contribution in [0.5, 0.6) is 0 Å². The highest BCUT2D eigenvalue weighted by Crippen LogP contribution is 2.23. The maximum Gasteiger partial charge on any atom is 0.358 e. The van der Waals surface area contributed by atoms with Crippen LogP contribution in [0.25, 0.3) is 11.5 Å². The van der Waals surface area contributed by atoms with Gasteiger partial charge in [0.1, 0.15) is 5.69 Å². The first-order chi connectivity index (χ1) is 8.59. The minimum Gasteiger partial charge on any atom is -0.476 e. The average molecular weight is 249 g/mol. The lowest BCUT2D eigenvalue weighted by molar-refractivity contribution is 0.0691. The van der Waals surface area contributed by atoms with Gasteiger partial charge < -0.3 is 9.52 Å². The molecule has 0 unspecified atom stereocenters. The van der Waals surface area contributed by atoms with Crippen LogP contribution in [0.4, 0.5) is 0 Å². The van der Waals surface area contributed by atoms with Crippen molar-refractivity contribution in [2.24, 2.45) is 5.92 Å². The van der Waals surface area contributed by atoms with Gasteiger partial charge in [0.15, 0.2) is 5.76 Å². The van der Waals surface area contributed by atoms with Crippen LogP contribution in [0.3, 0.4) is 0 Å². The molecule has 0 saturated carbocycles. The summed E-state index contributed by atoms with van der Waals surface area (Å²) in [4.78, 5) is 11.1. The van der Waals surface area contributed by atoms with Gasteiger partial charge in [-0.05, 0) is 24.5 Å². The van der Waals surface area contributed by atoms with Crippen LogP contribution in [-0.2, 0) is 6.54 Å². The Bertz CT molecular complexity index is 529. The van der Waals surface area contributed by atoms with E-state index in [1.807, 2.05) is 0 Å². The molecule has 0 spiro atoms. The third-order valence-corrected chi connectivity index (χ3v) is 2.61. The molecule has 0 aliphatic rings. The highest BCUT2D eigenvalue weighted by atomic mass is 16.4. The topological polar surface area (TPSA) is 81.2 Å². The molecular formula is C12H15N3O3. The van der Waals surface area contributed by atoms with E-state index in [1.54, 1.807) is 16.8 Å².